The van der Waals surface area contributed by atoms with Crippen molar-refractivity contribution in [3.05, 3.63) is 53.6 Å². The summed E-state index contributed by atoms with van der Waals surface area (Å²) in [5, 5.41) is 19.6. The van der Waals surface area contributed by atoms with Crippen LogP contribution in [0.3, 0.4) is 0 Å². The zero-order chi connectivity index (χ0) is 15.9. The second-order valence-electron chi connectivity index (χ2n) is 6.45. The number of rotatable bonds is 2. The number of hydrogen-bond acceptors (Lipinski definition) is 4. The van der Waals surface area contributed by atoms with E-state index in [2.05, 4.69) is 13.8 Å². The SMILES string of the molecule is CC1(C)c2cc(O)ccc2CC(Sc2cccc(O)c2)C1N. The smallest absolute Gasteiger partial charge is 0.116 e. The fourth-order valence-corrected chi connectivity index (χ4v) is 4.62. The van der Waals surface area contributed by atoms with Gasteiger partial charge in [0.15, 0.2) is 0 Å². The summed E-state index contributed by atoms with van der Waals surface area (Å²) in [5.74, 6) is 0.567. The molecule has 2 atom stereocenters. The van der Waals surface area contributed by atoms with Crippen molar-refractivity contribution < 1.29 is 10.2 Å². The Balaban J connectivity index is 1.93. The molecule has 22 heavy (non-hydrogen) atoms. The van der Waals surface area contributed by atoms with Crippen molar-refractivity contribution in [1.82, 2.24) is 0 Å². The lowest BCUT2D eigenvalue weighted by Crippen LogP contribution is -2.52. The first-order valence-electron chi connectivity index (χ1n) is 7.41. The fourth-order valence-electron chi connectivity index (χ4n) is 3.18. The summed E-state index contributed by atoms with van der Waals surface area (Å²) in [6.45, 7) is 4.26. The molecular formula is C18H21NO2S. The maximum atomic E-state index is 9.76. The molecule has 0 spiro atoms. The van der Waals surface area contributed by atoms with Crippen LogP contribution in [-0.2, 0) is 11.8 Å². The topological polar surface area (TPSA) is 66.5 Å². The van der Waals surface area contributed by atoms with Crippen molar-refractivity contribution in [2.45, 2.75) is 41.9 Å². The van der Waals surface area contributed by atoms with Gasteiger partial charge < -0.3 is 15.9 Å². The van der Waals surface area contributed by atoms with Crippen LogP contribution in [0.5, 0.6) is 11.5 Å². The molecule has 3 nitrogen and oxygen atoms in total. The molecule has 0 saturated heterocycles. The second-order valence-corrected chi connectivity index (χ2v) is 7.76. The highest BCUT2D eigenvalue weighted by Crippen LogP contribution is 2.43. The third kappa shape index (κ3) is 2.69. The normalized spacial score (nSPS) is 23.0. The molecule has 4 heteroatoms. The number of aromatic hydroxyl groups is 2. The van der Waals surface area contributed by atoms with Gasteiger partial charge in [0.05, 0.1) is 0 Å². The monoisotopic (exact) mass is 315 g/mol. The number of thioether (sulfide) groups is 1. The van der Waals surface area contributed by atoms with Gasteiger partial charge in [0, 0.05) is 21.6 Å². The zero-order valence-corrected chi connectivity index (χ0v) is 13.6. The van der Waals surface area contributed by atoms with Crippen LogP contribution in [-0.4, -0.2) is 21.5 Å². The first-order chi connectivity index (χ1) is 10.4. The zero-order valence-electron chi connectivity index (χ0n) is 12.8. The van der Waals surface area contributed by atoms with Crippen molar-refractivity contribution in [2.75, 3.05) is 0 Å². The first-order valence-corrected chi connectivity index (χ1v) is 8.29. The van der Waals surface area contributed by atoms with E-state index in [1.54, 1.807) is 30.0 Å². The largest absolute Gasteiger partial charge is 0.508 e. The van der Waals surface area contributed by atoms with Gasteiger partial charge in [-0.2, -0.15) is 0 Å². The summed E-state index contributed by atoms with van der Waals surface area (Å²) in [6.07, 6.45) is 0.862. The Hall–Kier alpha value is -1.65. The van der Waals surface area contributed by atoms with E-state index >= 15 is 0 Å². The fraction of sp³-hybridized carbons (Fsp3) is 0.333. The number of fused-ring (bicyclic) bond motifs is 1. The lowest BCUT2D eigenvalue weighted by atomic mass is 9.69. The van der Waals surface area contributed by atoms with E-state index in [0.717, 1.165) is 16.9 Å². The molecule has 0 fully saturated rings. The minimum Gasteiger partial charge on any atom is -0.508 e. The van der Waals surface area contributed by atoms with E-state index in [-0.39, 0.29) is 28.2 Å². The van der Waals surface area contributed by atoms with Crippen LogP contribution in [0.15, 0.2) is 47.4 Å². The summed E-state index contributed by atoms with van der Waals surface area (Å²) >= 11 is 1.71. The molecule has 1 aliphatic carbocycles. The van der Waals surface area contributed by atoms with Crippen molar-refractivity contribution in [3.8, 4) is 11.5 Å². The van der Waals surface area contributed by atoms with E-state index in [9.17, 15) is 10.2 Å². The van der Waals surface area contributed by atoms with Gasteiger partial charge in [-0.25, -0.2) is 0 Å². The Morgan fingerprint density at radius 1 is 1.09 bits per heavy atom. The van der Waals surface area contributed by atoms with Crippen molar-refractivity contribution in [3.63, 3.8) is 0 Å². The predicted molar refractivity (Wildman–Crippen MR) is 90.6 cm³/mol. The van der Waals surface area contributed by atoms with Crippen molar-refractivity contribution in [2.24, 2.45) is 5.73 Å². The summed E-state index contributed by atoms with van der Waals surface area (Å²) in [7, 11) is 0. The molecule has 0 radical (unpaired) electrons. The molecule has 4 N–H and O–H groups in total. The van der Waals surface area contributed by atoms with Gasteiger partial charge in [-0.3, -0.25) is 0 Å². The molecule has 1 aliphatic rings. The van der Waals surface area contributed by atoms with E-state index < -0.39 is 0 Å². The van der Waals surface area contributed by atoms with Crippen LogP contribution in [0.2, 0.25) is 0 Å². The van der Waals surface area contributed by atoms with Gasteiger partial charge in [0.1, 0.15) is 11.5 Å². The number of benzene rings is 2. The minimum absolute atomic E-state index is 0.0332. The van der Waals surface area contributed by atoms with Gasteiger partial charge in [-0.05, 0) is 47.9 Å². The number of nitrogens with two attached hydrogens (primary N) is 1. The summed E-state index contributed by atoms with van der Waals surface area (Å²) in [6, 6.07) is 12.8. The maximum absolute atomic E-state index is 9.76. The highest BCUT2D eigenvalue weighted by molar-refractivity contribution is 8.00. The molecule has 116 valence electrons. The van der Waals surface area contributed by atoms with Gasteiger partial charge in [-0.15, -0.1) is 11.8 Å². The van der Waals surface area contributed by atoms with Crippen molar-refractivity contribution in [1.29, 1.82) is 0 Å². The summed E-state index contributed by atoms with van der Waals surface area (Å²) in [4.78, 5) is 1.03. The Labute approximate surface area is 135 Å². The average Bonchev–Trinajstić information content (AvgIpc) is 2.46. The molecule has 3 rings (SSSR count). The van der Waals surface area contributed by atoms with Crippen LogP contribution in [0.1, 0.15) is 25.0 Å². The van der Waals surface area contributed by atoms with Gasteiger partial charge in [-0.1, -0.05) is 26.0 Å². The van der Waals surface area contributed by atoms with Crippen LogP contribution in [0.4, 0.5) is 0 Å². The average molecular weight is 315 g/mol. The molecule has 0 amide bonds. The number of hydrogen-bond donors (Lipinski definition) is 3. The molecule has 0 aliphatic heterocycles. The predicted octanol–water partition coefficient (Wildman–Crippen LogP) is 3.42. The van der Waals surface area contributed by atoms with E-state index in [1.165, 1.54) is 5.56 Å². The summed E-state index contributed by atoms with van der Waals surface area (Å²) < 4.78 is 0. The maximum Gasteiger partial charge on any atom is 0.116 e. The Morgan fingerprint density at radius 3 is 2.55 bits per heavy atom. The Bertz CT molecular complexity index is 699. The van der Waals surface area contributed by atoms with Crippen molar-refractivity contribution >= 4 is 11.8 Å². The molecule has 0 bridgehead atoms. The standard InChI is InChI=1S/C18H21NO2S/c1-18(2)15-10-13(21)7-6-11(15)8-16(17(18)19)22-14-5-3-4-12(20)9-14/h3-7,9-10,16-17,20-21H,8,19H2,1-2H3. The number of phenols is 2. The molecule has 0 heterocycles. The van der Waals surface area contributed by atoms with Crippen LogP contribution in [0.25, 0.3) is 0 Å². The van der Waals surface area contributed by atoms with E-state index in [1.807, 2.05) is 24.3 Å². The van der Waals surface area contributed by atoms with Gasteiger partial charge in [0.25, 0.3) is 0 Å². The van der Waals surface area contributed by atoms with E-state index in [4.69, 9.17) is 5.73 Å². The summed E-state index contributed by atoms with van der Waals surface area (Å²) in [5.41, 5.74) is 8.71. The third-order valence-electron chi connectivity index (χ3n) is 4.55. The third-order valence-corrected chi connectivity index (χ3v) is 5.84. The highest BCUT2D eigenvalue weighted by Gasteiger charge is 2.40. The Morgan fingerprint density at radius 2 is 1.82 bits per heavy atom. The molecule has 2 aromatic carbocycles. The van der Waals surface area contributed by atoms with Gasteiger partial charge in [0.2, 0.25) is 0 Å². The quantitative estimate of drug-likeness (QED) is 0.794. The van der Waals surface area contributed by atoms with Crippen LogP contribution < -0.4 is 5.73 Å². The highest BCUT2D eigenvalue weighted by atomic mass is 32.2. The molecule has 2 aromatic rings. The second kappa shape index (κ2) is 5.52. The minimum atomic E-state index is -0.208. The molecule has 0 aromatic heterocycles. The lowest BCUT2D eigenvalue weighted by molar-refractivity contribution is 0.369. The van der Waals surface area contributed by atoms with Crippen LogP contribution in [0, 0.1) is 0 Å². The molecular weight excluding hydrogens is 294 g/mol. The van der Waals surface area contributed by atoms with Crippen LogP contribution >= 0.6 is 11.8 Å². The molecule has 0 saturated carbocycles. The van der Waals surface area contributed by atoms with Gasteiger partial charge >= 0.3 is 0 Å². The van der Waals surface area contributed by atoms with E-state index in [0.29, 0.717) is 0 Å². The molecule has 2 unspecified atom stereocenters. The number of phenolic OH excluding ortho intramolecular Hbond substituents is 2. The first kappa shape index (κ1) is 15.3. The Kier molecular flexibility index (Phi) is 3.83. The lowest BCUT2D eigenvalue weighted by Gasteiger charge is -2.43.